The highest BCUT2D eigenvalue weighted by molar-refractivity contribution is 5.44. The molecule has 0 aliphatic heterocycles. The van der Waals surface area contributed by atoms with Crippen LogP contribution in [-0.2, 0) is 11.2 Å². The van der Waals surface area contributed by atoms with Gasteiger partial charge in [0.25, 0.3) is 0 Å². The number of rotatable bonds is 9. The van der Waals surface area contributed by atoms with Gasteiger partial charge >= 0.3 is 0 Å². The van der Waals surface area contributed by atoms with Gasteiger partial charge in [-0.1, -0.05) is 39.3 Å². The summed E-state index contributed by atoms with van der Waals surface area (Å²) >= 11 is 0. The molecule has 0 atom stereocenters. The first-order valence-electron chi connectivity index (χ1n) is 7.13. The van der Waals surface area contributed by atoms with Gasteiger partial charge in [0.2, 0.25) is 0 Å². The predicted molar refractivity (Wildman–Crippen MR) is 79.2 cm³/mol. The number of anilines is 1. The second-order valence-corrected chi connectivity index (χ2v) is 5.17. The molecule has 0 heterocycles. The monoisotopic (exact) mass is 249 g/mol. The Bertz CT molecular complexity index is 305. The first-order chi connectivity index (χ1) is 8.72. The standard InChI is InChI=1S/C16H27NO/c1-4-5-15-6-8-16(9-7-15)17-11-13-18-12-10-14(2)3/h6-9,14,17H,4-5,10-13H2,1-3H3. The fourth-order valence-corrected chi connectivity index (χ4v) is 1.77. The van der Waals surface area contributed by atoms with Gasteiger partial charge in [-0.05, 0) is 36.5 Å². The zero-order valence-corrected chi connectivity index (χ0v) is 12.0. The van der Waals surface area contributed by atoms with Crippen molar-refractivity contribution in [3.05, 3.63) is 29.8 Å². The molecule has 0 spiro atoms. The Labute approximate surface area is 112 Å². The molecular weight excluding hydrogens is 222 g/mol. The van der Waals surface area contributed by atoms with E-state index >= 15 is 0 Å². The smallest absolute Gasteiger partial charge is 0.0639 e. The molecular formula is C16H27NO. The van der Waals surface area contributed by atoms with E-state index in [1.807, 2.05) is 0 Å². The first kappa shape index (κ1) is 15.0. The lowest BCUT2D eigenvalue weighted by molar-refractivity contribution is 0.132. The molecule has 1 N–H and O–H groups in total. The topological polar surface area (TPSA) is 21.3 Å². The van der Waals surface area contributed by atoms with Gasteiger partial charge in [0.05, 0.1) is 6.61 Å². The van der Waals surface area contributed by atoms with Gasteiger partial charge in [0.15, 0.2) is 0 Å². The van der Waals surface area contributed by atoms with E-state index in [1.54, 1.807) is 0 Å². The molecule has 0 fully saturated rings. The molecule has 0 saturated heterocycles. The number of hydrogen-bond donors (Lipinski definition) is 1. The summed E-state index contributed by atoms with van der Waals surface area (Å²) in [6, 6.07) is 8.70. The zero-order valence-electron chi connectivity index (χ0n) is 12.0. The summed E-state index contributed by atoms with van der Waals surface area (Å²) in [5, 5.41) is 3.38. The molecule has 1 aromatic rings. The molecule has 2 nitrogen and oxygen atoms in total. The maximum absolute atomic E-state index is 5.57. The molecule has 1 rings (SSSR count). The number of aryl methyl sites for hydroxylation is 1. The van der Waals surface area contributed by atoms with Crippen molar-refractivity contribution < 1.29 is 4.74 Å². The van der Waals surface area contributed by atoms with E-state index in [2.05, 4.69) is 50.4 Å². The largest absolute Gasteiger partial charge is 0.383 e. The number of benzene rings is 1. The normalized spacial score (nSPS) is 10.9. The SMILES string of the molecule is CCCc1ccc(NCCOCCC(C)C)cc1. The van der Waals surface area contributed by atoms with Crippen LogP contribution in [-0.4, -0.2) is 19.8 Å². The molecule has 102 valence electrons. The fraction of sp³-hybridized carbons (Fsp3) is 0.625. The molecule has 0 radical (unpaired) electrons. The van der Waals surface area contributed by atoms with Crippen molar-refractivity contribution in [2.45, 2.75) is 40.0 Å². The minimum Gasteiger partial charge on any atom is -0.383 e. The maximum atomic E-state index is 5.57. The maximum Gasteiger partial charge on any atom is 0.0639 e. The second-order valence-electron chi connectivity index (χ2n) is 5.17. The molecule has 0 saturated carbocycles. The molecule has 18 heavy (non-hydrogen) atoms. The molecule has 0 aliphatic rings. The van der Waals surface area contributed by atoms with Crippen molar-refractivity contribution in [1.82, 2.24) is 0 Å². The van der Waals surface area contributed by atoms with E-state index in [9.17, 15) is 0 Å². The van der Waals surface area contributed by atoms with Gasteiger partial charge in [-0.2, -0.15) is 0 Å². The van der Waals surface area contributed by atoms with E-state index in [1.165, 1.54) is 24.1 Å². The summed E-state index contributed by atoms with van der Waals surface area (Å²) in [7, 11) is 0. The van der Waals surface area contributed by atoms with Crippen LogP contribution < -0.4 is 5.32 Å². The van der Waals surface area contributed by atoms with Gasteiger partial charge in [0.1, 0.15) is 0 Å². The second kappa shape index (κ2) is 8.98. The number of ether oxygens (including phenoxy) is 1. The van der Waals surface area contributed by atoms with Crippen LogP contribution in [0.4, 0.5) is 5.69 Å². The lowest BCUT2D eigenvalue weighted by Crippen LogP contribution is -2.10. The Morgan fingerprint density at radius 3 is 2.44 bits per heavy atom. The van der Waals surface area contributed by atoms with Crippen molar-refractivity contribution >= 4 is 5.69 Å². The molecule has 2 heteroatoms. The molecule has 0 bridgehead atoms. The summed E-state index contributed by atoms with van der Waals surface area (Å²) in [5.41, 5.74) is 2.60. The van der Waals surface area contributed by atoms with Crippen LogP contribution >= 0.6 is 0 Å². The van der Waals surface area contributed by atoms with Crippen molar-refractivity contribution in [2.75, 3.05) is 25.1 Å². The Kier molecular flexibility index (Phi) is 7.51. The average molecular weight is 249 g/mol. The molecule has 0 aromatic heterocycles. The highest BCUT2D eigenvalue weighted by Crippen LogP contribution is 2.10. The molecule has 0 unspecified atom stereocenters. The van der Waals surface area contributed by atoms with Gasteiger partial charge in [-0.3, -0.25) is 0 Å². The Morgan fingerprint density at radius 1 is 1.11 bits per heavy atom. The Hall–Kier alpha value is -1.02. The predicted octanol–water partition coefficient (Wildman–Crippen LogP) is 4.11. The van der Waals surface area contributed by atoms with Gasteiger partial charge in [0, 0.05) is 18.8 Å². The third-order valence-electron chi connectivity index (χ3n) is 2.91. The van der Waals surface area contributed by atoms with Gasteiger partial charge in [-0.15, -0.1) is 0 Å². The van der Waals surface area contributed by atoms with E-state index in [4.69, 9.17) is 4.74 Å². The fourth-order valence-electron chi connectivity index (χ4n) is 1.77. The number of hydrogen-bond acceptors (Lipinski definition) is 2. The van der Waals surface area contributed by atoms with Crippen molar-refractivity contribution in [1.29, 1.82) is 0 Å². The zero-order chi connectivity index (χ0) is 13.2. The summed E-state index contributed by atoms with van der Waals surface area (Å²) in [6.45, 7) is 9.18. The number of nitrogens with one attached hydrogen (secondary N) is 1. The third-order valence-corrected chi connectivity index (χ3v) is 2.91. The van der Waals surface area contributed by atoms with Crippen LogP contribution in [0.15, 0.2) is 24.3 Å². The van der Waals surface area contributed by atoms with E-state index in [0.29, 0.717) is 0 Å². The van der Waals surface area contributed by atoms with Crippen LogP contribution in [0.1, 0.15) is 39.2 Å². The molecule has 0 amide bonds. The minimum atomic E-state index is 0.726. The van der Waals surface area contributed by atoms with Crippen LogP contribution in [0.2, 0.25) is 0 Å². The van der Waals surface area contributed by atoms with Crippen molar-refractivity contribution in [2.24, 2.45) is 5.92 Å². The molecule has 1 aromatic carbocycles. The van der Waals surface area contributed by atoms with E-state index < -0.39 is 0 Å². The van der Waals surface area contributed by atoms with E-state index in [-0.39, 0.29) is 0 Å². The minimum absolute atomic E-state index is 0.726. The van der Waals surface area contributed by atoms with Crippen LogP contribution in [0, 0.1) is 5.92 Å². The summed E-state index contributed by atoms with van der Waals surface area (Å²) < 4.78 is 5.57. The van der Waals surface area contributed by atoms with Crippen LogP contribution in [0.25, 0.3) is 0 Å². The lowest BCUT2D eigenvalue weighted by Gasteiger charge is -2.09. The van der Waals surface area contributed by atoms with Crippen molar-refractivity contribution in [3.8, 4) is 0 Å². The van der Waals surface area contributed by atoms with Gasteiger partial charge < -0.3 is 10.1 Å². The highest BCUT2D eigenvalue weighted by atomic mass is 16.5. The highest BCUT2D eigenvalue weighted by Gasteiger charge is 1.95. The third kappa shape index (κ3) is 6.65. The summed E-state index contributed by atoms with van der Waals surface area (Å²) in [4.78, 5) is 0. The quantitative estimate of drug-likeness (QED) is 0.665. The van der Waals surface area contributed by atoms with Crippen molar-refractivity contribution in [3.63, 3.8) is 0 Å². The summed E-state index contributed by atoms with van der Waals surface area (Å²) in [6.07, 6.45) is 3.51. The van der Waals surface area contributed by atoms with Gasteiger partial charge in [-0.25, -0.2) is 0 Å². The summed E-state index contributed by atoms with van der Waals surface area (Å²) in [5.74, 6) is 0.726. The average Bonchev–Trinajstić information content (AvgIpc) is 2.35. The first-order valence-corrected chi connectivity index (χ1v) is 7.13. The van der Waals surface area contributed by atoms with Crippen LogP contribution in [0.3, 0.4) is 0 Å². The lowest BCUT2D eigenvalue weighted by atomic mass is 10.1. The van der Waals surface area contributed by atoms with Crippen LogP contribution in [0.5, 0.6) is 0 Å². The Morgan fingerprint density at radius 2 is 1.83 bits per heavy atom. The van der Waals surface area contributed by atoms with E-state index in [0.717, 1.165) is 32.1 Å². The Balaban J connectivity index is 2.11. The molecule has 0 aliphatic carbocycles.